The molecule has 0 atom stereocenters. The zero-order valence-corrected chi connectivity index (χ0v) is 18.1. The SMILES string of the molecule is COc1ccc2c(c1)n(CC1CCC(c3nnc(-c4ccn(C)c4)o3)CC1)c(=O)n2C. The lowest BCUT2D eigenvalue weighted by atomic mass is 9.82. The lowest BCUT2D eigenvalue weighted by Crippen LogP contribution is -2.27. The number of nitrogens with zero attached hydrogens (tertiary/aromatic N) is 5. The van der Waals surface area contributed by atoms with Gasteiger partial charge in [0.25, 0.3) is 0 Å². The Hall–Kier alpha value is -3.29. The van der Waals surface area contributed by atoms with Crippen LogP contribution in [0.25, 0.3) is 22.5 Å². The van der Waals surface area contributed by atoms with E-state index >= 15 is 0 Å². The van der Waals surface area contributed by atoms with Crippen LogP contribution in [-0.2, 0) is 20.6 Å². The van der Waals surface area contributed by atoms with E-state index in [0.717, 1.165) is 60.5 Å². The van der Waals surface area contributed by atoms with Crippen molar-refractivity contribution in [3.63, 3.8) is 0 Å². The van der Waals surface area contributed by atoms with Gasteiger partial charge in [-0.05, 0) is 49.8 Å². The van der Waals surface area contributed by atoms with Crippen LogP contribution in [0.5, 0.6) is 5.75 Å². The van der Waals surface area contributed by atoms with Gasteiger partial charge in [-0.1, -0.05) is 0 Å². The van der Waals surface area contributed by atoms with Crippen molar-refractivity contribution < 1.29 is 9.15 Å². The summed E-state index contributed by atoms with van der Waals surface area (Å²) in [6, 6.07) is 7.77. The van der Waals surface area contributed by atoms with Crippen molar-refractivity contribution >= 4 is 11.0 Å². The monoisotopic (exact) mass is 421 g/mol. The number of fused-ring (bicyclic) bond motifs is 1. The molecule has 0 amide bonds. The van der Waals surface area contributed by atoms with E-state index in [2.05, 4.69) is 10.2 Å². The summed E-state index contributed by atoms with van der Waals surface area (Å²) in [6.45, 7) is 0.717. The third-order valence-electron chi connectivity index (χ3n) is 6.51. The van der Waals surface area contributed by atoms with Crippen LogP contribution in [0.4, 0.5) is 0 Å². The van der Waals surface area contributed by atoms with Gasteiger partial charge in [-0.25, -0.2) is 4.79 Å². The Labute approximate surface area is 180 Å². The van der Waals surface area contributed by atoms with Crippen molar-refractivity contribution in [1.29, 1.82) is 0 Å². The number of benzene rings is 1. The van der Waals surface area contributed by atoms with Crippen LogP contribution in [0.1, 0.15) is 37.5 Å². The molecule has 3 aromatic heterocycles. The first-order chi connectivity index (χ1) is 15.0. The topological polar surface area (TPSA) is 80.0 Å². The van der Waals surface area contributed by atoms with Gasteiger partial charge >= 0.3 is 5.69 Å². The molecule has 8 nitrogen and oxygen atoms in total. The van der Waals surface area contributed by atoms with E-state index in [1.807, 2.05) is 59.9 Å². The number of aryl methyl sites for hydroxylation is 2. The third-order valence-corrected chi connectivity index (χ3v) is 6.51. The molecule has 4 aromatic rings. The predicted molar refractivity (Wildman–Crippen MR) is 117 cm³/mol. The molecule has 1 saturated carbocycles. The second-order valence-corrected chi connectivity index (χ2v) is 8.54. The molecule has 0 spiro atoms. The fourth-order valence-corrected chi connectivity index (χ4v) is 4.69. The van der Waals surface area contributed by atoms with E-state index in [1.54, 1.807) is 11.7 Å². The first-order valence-electron chi connectivity index (χ1n) is 10.7. The molecule has 1 aliphatic carbocycles. The molecule has 31 heavy (non-hydrogen) atoms. The van der Waals surface area contributed by atoms with E-state index in [4.69, 9.17) is 9.15 Å². The highest BCUT2D eigenvalue weighted by atomic mass is 16.5. The van der Waals surface area contributed by atoms with Crippen LogP contribution in [0.2, 0.25) is 0 Å². The molecule has 5 rings (SSSR count). The minimum atomic E-state index is 0.0229. The highest BCUT2D eigenvalue weighted by Gasteiger charge is 2.28. The molecule has 0 bridgehead atoms. The molecule has 0 radical (unpaired) electrons. The largest absolute Gasteiger partial charge is 0.497 e. The molecule has 0 unspecified atom stereocenters. The molecule has 1 aromatic carbocycles. The van der Waals surface area contributed by atoms with Crippen molar-refractivity contribution in [3.05, 3.63) is 53.0 Å². The van der Waals surface area contributed by atoms with Crippen molar-refractivity contribution in [2.24, 2.45) is 20.0 Å². The second-order valence-electron chi connectivity index (χ2n) is 8.54. The summed E-state index contributed by atoms with van der Waals surface area (Å²) < 4.78 is 16.9. The van der Waals surface area contributed by atoms with Gasteiger partial charge in [-0.2, -0.15) is 0 Å². The summed E-state index contributed by atoms with van der Waals surface area (Å²) in [5, 5.41) is 8.55. The Bertz CT molecular complexity index is 1270. The second kappa shape index (κ2) is 7.76. The standard InChI is InChI=1S/C23H27N5O3/c1-26-11-10-17(14-26)22-25-24-21(31-22)16-6-4-15(5-7-16)13-28-20-12-18(30-3)8-9-19(20)27(2)23(28)29/h8-12,14-16H,4-7,13H2,1-3H3. The first kappa shape index (κ1) is 19.7. The van der Waals surface area contributed by atoms with E-state index < -0.39 is 0 Å². The van der Waals surface area contributed by atoms with Gasteiger partial charge in [0.2, 0.25) is 11.8 Å². The summed E-state index contributed by atoms with van der Waals surface area (Å²) in [5.41, 5.74) is 2.83. The maximum Gasteiger partial charge on any atom is 0.328 e. The summed E-state index contributed by atoms with van der Waals surface area (Å²) >= 11 is 0. The number of aromatic nitrogens is 5. The maximum atomic E-state index is 12.8. The predicted octanol–water partition coefficient (Wildman–Crippen LogP) is 3.71. The number of imidazole rings is 1. The molecular weight excluding hydrogens is 394 g/mol. The molecule has 3 heterocycles. The summed E-state index contributed by atoms with van der Waals surface area (Å²) in [6.07, 6.45) is 7.98. The van der Waals surface area contributed by atoms with Crippen LogP contribution in [0.3, 0.4) is 0 Å². The molecule has 1 aliphatic rings. The van der Waals surface area contributed by atoms with E-state index in [1.165, 1.54) is 0 Å². The average molecular weight is 422 g/mol. The Morgan fingerprint density at radius 2 is 1.90 bits per heavy atom. The van der Waals surface area contributed by atoms with Gasteiger partial charge in [0.1, 0.15) is 5.75 Å². The Morgan fingerprint density at radius 3 is 2.61 bits per heavy atom. The highest BCUT2D eigenvalue weighted by molar-refractivity contribution is 5.77. The zero-order valence-electron chi connectivity index (χ0n) is 18.1. The normalized spacial score (nSPS) is 19.2. The summed E-state index contributed by atoms with van der Waals surface area (Å²) in [4.78, 5) is 12.8. The van der Waals surface area contributed by atoms with Gasteiger partial charge in [0.15, 0.2) is 0 Å². The summed E-state index contributed by atoms with van der Waals surface area (Å²) in [7, 11) is 5.44. The van der Waals surface area contributed by atoms with Crippen molar-refractivity contribution in [2.75, 3.05) is 7.11 Å². The highest BCUT2D eigenvalue weighted by Crippen LogP contribution is 2.37. The number of methoxy groups -OCH3 is 1. The molecule has 8 heteroatoms. The lowest BCUT2D eigenvalue weighted by molar-refractivity contribution is 0.270. The fraction of sp³-hybridized carbons (Fsp3) is 0.435. The van der Waals surface area contributed by atoms with Gasteiger partial charge in [-0.15, -0.1) is 10.2 Å². The first-order valence-corrected chi connectivity index (χ1v) is 10.7. The quantitative estimate of drug-likeness (QED) is 0.491. The molecule has 1 fully saturated rings. The molecule has 0 aliphatic heterocycles. The minimum absolute atomic E-state index is 0.0229. The van der Waals surface area contributed by atoms with E-state index in [0.29, 0.717) is 11.8 Å². The average Bonchev–Trinajstić information content (AvgIpc) is 3.50. The Balaban J connectivity index is 1.29. The maximum absolute atomic E-state index is 12.8. The van der Waals surface area contributed by atoms with Crippen molar-refractivity contribution in [3.8, 4) is 17.2 Å². The van der Waals surface area contributed by atoms with Gasteiger partial charge in [-0.3, -0.25) is 9.13 Å². The van der Waals surface area contributed by atoms with Gasteiger partial charge < -0.3 is 13.7 Å². The van der Waals surface area contributed by atoms with Crippen molar-refractivity contribution in [2.45, 2.75) is 38.1 Å². The molecule has 162 valence electrons. The van der Waals surface area contributed by atoms with Gasteiger partial charge in [0.05, 0.1) is 23.7 Å². The van der Waals surface area contributed by atoms with E-state index in [9.17, 15) is 4.79 Å². The van der Waals surface area contributed by atoms with E-state index in [-0.39, 0.29) is 11.6 Å². The molecule has 0 saturated heterocycles. The van der Waals surface area contributed by atoms with Crippen molar-refractivity contribution in [1.82, 2.24) is 23.9 Å². The van der Waals surface area contributed by atoms with Crippen LogP contribution in [-0.4, -0.2) is 31.0 Å². The van der Waals surface area contributed by atoms with Crippen LogP contribution >= 0.6 is 0 Å². The number of hydrogen-bond acceptors (Lipinski definition) is 5. The molecule has 0 N–H and O–H groups in total. The van der Waals surface area contributed by atoms with Crippen LogP contribution in [0, 0.1) is 5.92 Å². The fourth-order valence-electron chi connectivity index (χ4n) is 4.69. The third kappa shape index (κ3) is 3.56. The van der Waals surface area contributed by atoms with Crippen LogP contribution in [0.15, 0.2) is 45.9 Å². The zero-order chi connectivity index (χ0) is 21.5. The number of hydrogen-bond donors (Lipinski definition) is 0. The minimum Gasteiger partial charge on any atom is -0.497 e. The number of rotatable bonds is 5. The number of ether oxygens (including phenoxy) is 1. The summed E-state index contributed by atoms with van der Waals surface area (Å²) in [5.74, 6) is 2.80. The Kier molecular flexibility index (Phi) is 4.92. The van der Waals surface area contributed by atoms with Gasteiger partial charge in [0, 0.05) is 45.0 Å². The van der Waals surface area contributed by atoms with Crippen LogP contribution < -0.4 is 10.4 Å². The lowest BCUT2D eigenvalue weighted by Gasteiger charge is -2.26. The molecular formula is C23H27N5O3. The Morgan fingerprint density at radius 1 is 1.10 bits per heavy atom. The smallest absolute Gasteiger partial charge is 0.328 e.